The van der Waals surface area contributed by atoms with Gasteiger partial charge in [0.25, 0.3) is 5.91 Å². The Morgan fingerprint density at radius 1 is 1.20 bits per heavy atom. The van der Waals surface area contributed by atoms with Crippen LogP contribution in [0.1, 0.15) is 60.8 Å². The summed E-state index contributed by atoms with van der Waals surface area (Å²) in [5, 5.41) is 24.2. The van der Waals surface area contributed by atoms with Crippen molar-refractivity contribution in [3.63, 3.8) is 0 Å². The van der Waals surface area contributed by atoms with Gasteiger partial charge < -0.3 is 14.8 Å². The summed E-state index contributed by atoms with van der Waals surface area (Å²) in [6, 6.07) is 8.13. The van der Waals surface area contributed by atoms with Crippen LogP contribution in [0.3, 0.4) is 0 Å². The molecule has 1 aliphatic heterocycles. The Balaban J connectivity index is 1.56. The first-order valence-corrected chi connectivity index (χ1v) is 14.4. The number of halogens is 2. The van der Waals surface area contributed by atoms with E-state index in [1.807, 2.05) is 49.6 Å². The molecule has 1 N–H and O–H groups in total. The topological polar surface area (TPSA) is 129 Å². The van der Waals surface area contributed by atoms with Gasteiger partial charge in [0.15, 0.2) is 11.7 Å². The maximum atomic E-state index is 14.3. The maximum Gasteiger partial charge on any atom is 0.277 e. The van der Waals surface area contributed by atoms with Gasteiger partial charge >= 0.3 is 0 Å². The van der Waals surface area contributed by atoms with Crippen molar-refractivity contribution in [3.05, 3.63) is 74.7 Å². The third-order valence-electron chi connectivity index (χ3n) is 6.89. The normalized spacial score (nSPS) is 15.9. The number of aryl methyl sites for hydroxylation is 2. The summed E-state index contributed by atoms with van der Waals surface area (Å²) < 4.78 is 6.71. The predicted octanol–water partition coefficient (Wildman–Crippen LogP) is 3.40. The quantitative estimate of drug-likeness (QED) is 0.319. The number of nitrogens with zero attached hydrogens (tertiary/aromatic N) is 9. The minimum Gasteiger partial charge on any atom is -0.350 e. The van der Waals surface area contributed by atoms with E-state index < -0.39 is 11.9 Å². The lowest BCUT2D eigenvalue weighted by molar-refractivity contribution is -0.127. The largest absolute Gasteiger partial charge is 0.350 e. The minimum absolute atomic E-state index is 0.160. The van der Waals surface area contributed by atoms with E-state index in [2.05, 4.69) is 62.8 Å². The smallest absolute Gasteiger partial charge is 0.277 e. The molecular weight excluding hydrogens is 644 g/mol. The molecule has 210 valence electrons. The van der Waals surface area contributed by atoms with Gasteiger partial charge in [0.05, 0.1) is 17.4 Å². The molecule has 5 rings (SSSR count). The highest BCUT2D eigenvalue weighted by molar-refractivity contribution is 9.10. The fraction of sp³-hybridized carbons (Fsp3) is 0.423. The predicted molar refractivity (Wildman–Crippen MR) is 153 cm³/mol. The molecular formula is C26H30Br2N10O2. The second-order valence-electron chi connectivity index (χ2n) is 10.8. The van der Waals surface area contributed by atoms with Crippen LogP contribution in [0.5, 0.6) is 0 Å². The van der Waals surface area contributed by atoms with E-state index in [1.54, 1.807) is 39.9 Å². The summed E-state index contributed by atoms with van der Waals surface area (Å²) in [4.78, 5) is 30.0. The van der Waals surface area contributed by atoms with Crippen LogP contribution < -0.4 is 5.32 Å². The van der Waals surface area contributed by atoms with Crippen LogP contribution in [0.25, 0.3) is 0 Å². The molecule has 0 saturated heterocycles. The minimum atomic E-state index is -0.997. The molecule has 0 radical (unpaired) electrons. The number of carbonyl (C=O) groups excluding carboxylic acids is 2. The Morgan fingerprint density at radius 2 is 2.00 bits per heavy atom. The van der Waals surface area contributed by atoms with E-state index in [0.29, 0.717) is 29.7 Å². The molecule has 3 aromatic heterocycles. The van der Waals surface area contributed by atoms with E-state index in [1.165, 1.54) is 0 Å². The lowest BCUT2D eigenvalue weighted by atomic mass is 9.99. The Hall–Kier alpha value is -3.39. The molecule has 4 aromatic rings. The summed E-state index contributed by atoms with van der Waals surface area (Å²) in [7, 11) is 1.75. The standard InChI is InChI=1S/C26H30Br2N10O2/c1-26(2,3)37-14-19(31-34-37)25(40)38(18-8-9-36-15-30-32-22(36)11-18)23(20-12-21(28)33-35(20)4)24(39)29-13-16-6-5-7-17(27)10-16/h5-7,10,12,14-15,18,23H,8-9,11,13H2,1-4H3,(H,29,39). The zero-order chi connectivity index (χ0) is 28.6. The van der Waals surface area contributed by atoms with E-state index in [4.69, 9.17) is 0 Å². The van der Waals surface area contributed by atoms with Crippen LogP contribution in [-0.4, -0.2) is 62.3 Å². The summed E-state index contributed by atoms with van der Waals surface area (Å²) in [5.41, 5.74) is 1.27. The van der Waals surface area contributed by atoms with Gasteiger partial charge in [-0.05, 0) is 66.9 Å². The zero-order valence-corrected chi connectivity index (χ0v) is 25.8. The van der Waals surface area contributed by atoms with Crippen molar-refractivity contribution in [1.82, 2.24) is 49.8 Å². The average Bonchev–Trinajstić information content (AvgIpc) is 3.65. The summed E-state index contributed by atoms with van der Waals surface area (Å²) in [5.74, 6) is 0.0272. The van der Waals surface area contributed by atoms with E-state index in [-0.39, 0.29) is 29.7 Å². The molecule has 0 fully saturated rings. The highest BCUT2D eigenvalue weighted by atomic mass is 79.9. The van der Waals surface area contributed by atoms with Gasteiger partial charge in [-0.2, -0.15) is 5.10 Å². The highest BCUT2D eigenvalue weighted by Gasteiger charge is 2.41. The number of carbonyl (C=O) groups is 2. The van der Waals surface area contributed by atoms with Gasteiger partial charge in [0.2, 0.25) is 5.91 Å². The van der Waals surface area contributed by atoms with Crippen molar-refractivity contribution in [2.75, 3.05) is 0 Å². The molecule has 14 heteroatoms. The van der Waals surface area contributed by atoms with Gasteiger partial charge in [-0.1, -0.05) is 33.3 Å². The molecule has 1 aromatic carbocycles. The molecule has 1 aliphatic rings. The van der Waals surface area contributed by atoms with Gasteiger partial charge in [-0.15, -0.1) is 15.3 Å². The first kappa shape index (κ1) is 28.1. The monoisotopic (exact) mass is 672 g/mol. The van der Waals surface area contributed by atoms with Crippen LogP contribution in [-0.2, 0) is 36.9 Å². The van der Waals surface area contributed by atoms with Crippen LogP contribution in [0.2, 0.25) is 0 Å². The molecule has 12 nitrogen and oxygen atoms in total. The Kier molecular flexibility index (Phi) is 7.91. The molecule has 2 atom stereocenters. The number of rotatable bonds is 7. The van der Waals surface area contributed by atoms with Crippen LogP contribution >= 0.6 is 31.9 Å². The van der Waals surface area contributed by atoms with Crippen molar-refractivity contribution < 1.29 is 9.59 Å². The third-order valence-corrected chi connectivity index (χ3v) is 7.77. The maximum absolute atomic E-state index is 14.3. The Bertz CT molecular complexity index is 1540. The molecule has 0 spiro atoms. The van der Waals surface area contributed by atoms with Crippen molar-refractivity contribution in [2.45, 2.75) is 64.3 Å². The number of hydrogen-bond acceptors (Lipinski definition) is 7. The fourth-order valence-electron chi connectivity index (χ4n) is 4.82. The van der Waals surface area contributed by atoms with Gasteiger partial charge in [-0.3, -0.25) is 14.3 Å². The van der Waals surface area contributed by atoms with E-state index >= 15 is 0 Å². The highest BCUT2D eigenvalue weighted by Crippen LogP contribution is 2.31. The van der Waals surface area contributed by atoms with Crippen molar-refractivity contribution in [2.24, 2.45) is 7.05 Å². The second kappa shape index (κ2) is 11.2. The molecule has 0 saturated carbocycles. The fourth-order valence-corrected chi connectivity index (χ4v) is 5.73. The Labute approximate surface area is 248 Å². The van der Waals surface area contributed by atoms with E-state index in [0.717, 1.165) is 15.9 Å². The number of benzene rings is 1. The zero-order valence-electron chi connectivity index (χ0n) is 22.6. The molecule has 0 bridgehead atoms. The van der Waals surface area contributed by atoms with Crippen LogP contribution in [0.15, 0.2) is 51.9 Å². The number of nitrogens with one attached hydrogen (secondary N) is 1. The number of hydrogen-bond donors (Lipinski definition) is 1. The number of aromatic nitrogens is 8. The first-order valence-electron chi connectivity index (χ1n) is 12.8. The first-order chi connectivity index (χ1) is 19.0. The van der Waals surface area contributed by atoms with Gasteiger partial charge in [0.1, 0.15) is 16.8 Å². The molecule has 0 aliphatic carbocycles. The lowest BCUT2D eigenvalue weighted by Gasteiger charge is -2.38. The van der Waals surface area contributed by atoms with Crippen LogP contribution in [0, 0.1) is 0 Å². The SMILES string of the molecule is Cn1nc(Br)cc1C(C(=O)NCc1cccc(Br)c1)N(C(=O)c1cn(C(C)(C)C)nn1)C1CCn2cnnc2C1. The lowest BCUT2D eigenvalue weighted by Crippen LogP contribution is -2.51. The second-order valence-corrected chi connectivity index (χ2v) is 12.5. The third kappa shape index (κ3) is 5.87. The summed E-state index contributed by atoms with van der Waals surface area (Å²) in [6.45, 7) is 6.84. The van der Waals surface area contributed by atoms with Gasteiger partial charge in [-0.25, -0.2) is 4.68 Å². The summed E-state index contributed by atoms with van der Waals surface area (Å²) >= 11 is 6.92. The van der Waals surface area contributed by atoms with Crippen molar-refractivity contribution in [3.8, 4) is 0 Å². The molecule has 2 amide bonds. The molecule has 40 heavy (non-hydrogen) atoms. The number of fused-ring (bicyclic) bond motifs is 1. The Morgan fingerprint density at radius 3 is 2.67 bits per heavy atom. The number of amides is 2. The van der Waals surface area contributed by atoms with Gasteiger partial charge in [0, 0.05) is 37.1 Å². The molecule has 2 unspecified atom stereocenters. The van der Waals surface area contributed by atoms with Crippen molar-refractivity contribution >= 4 is 43.7 Å². The molecule has 4 heterocycles. The average molecular weight is 674 g/mol. The van der Waals surface area contributed by atoms with E-state index in [9.17, 15) is 9.59 Å². The van der Waals surface area contributed by atoms with Crippen molar-refractivity contribution in [1.29, 1.82) is 0 Å². The summed E-state index contributed by atoms with van der Waals surface area (Å²) in [6.07, 6.45) is 4.37. The van der Waals surface area contributed by atoms with Crippen LogP contribution in [0.4, 0.5) is 0 Å².